The van der Waals surface area contributed by atoms with Crippen LogP contribution in [0.1, 0.15) is 277 Å². The molecular weight excluding hydrogens is 827 g/mol. The molecule has 0 radical (unpaired) electrons. The Bertz CT molecular complexity index is 1090. The summed E-state index contributed by atoms with van der Waals surface area (Å²) in [6.45, 7) is 3.75. The molecule has 0 aromatic carbocycles. The van der Waals surface area contributed by atoms with E-state index in [9.17, 15) is 30.3 Å². The maximum atomic E-state index is 12.9. The zero-order valence-electron chi connectivity index (χ0n) is 43.2. The van der Waals surface area contributed by atoms with E-state index in [0.717, 1.165) is 64.2 Å². The highest BCUT2D eigenvalue weighted by atomic mass is 16.7. The molecule has 7 atom stereocenters. The molecule has 9 heteroatoms. The predicted molar refractivity (Wildman–Crippen MR) is 277 cm³/mol. The zero-order chi connectivity index (χ0) is 48.0. The second kappa shape index (κ2) is 47.4. The Morgan fingerprint density at radius 2 is 0.864 bits per heavy atom. The number of aliphatic hydroxyl groups excluding tert-OH is 5. The average molecular weight is 936 g/mol. The largest absolute Gasteiger partial charge is 0.394 e. The van der Waals surface area contributed by atoms with Gasteiger partial charge in [0.15, 0.2) is 6.29 Å². The lowest BCUT2D eigenvalue weighted by Gasteiger charge is -2.40. The van der Waals surface area contributed by atoms with E-state index in [-0.39, 0.29) is 12.5 Å². The summed E-state index contributed by atoms with van der Waals surface area (Å²) in [6, 6.07) is -0.806. The summed E-state index contributed by atoms with van der Waals surface area (Å²) >= 11 is 0. The maximum Gasteiger partial charge on any atom is 0.220 e. The Morgan fingerprint density at radius 3 is 1.27 bits per heavy atom. The first-order valence-electron chi connectivity index (χ1n) is 28.6. The van der Waals surface area contributed by atoms with Crippen LogP contribution in [0, 0.1) is 0 Å². The third kappa shape index (κ3) is 36.6. The molecule has 1 rings (SSSR count). The molecular formula is C57H109NO8. The van der Waals surface area contributed by atoms with Gasteiger partial charge < -0.3 is 40.3 Å². The van der Waals surface area contributed by atoms with Crippen LogP contribution in [-0.2, 0) is 14.3 Å². The molecule has 6 N–H and O–H groups in total. The highest BCUT2D eigenvalue weighted by Gasteiger charge is 2.44. The Kier molecular flexibility index (Phi) is 45.0. The second-order valence-corrected chi connectivity index (χ2v) is 20.1. The van der Waals surface area contributed by atoms with Crippen molar-refractivity contribution in [3.05, 3.63) is 24.3 Å². The van der Waals surface area contributed by atoms with E-state index in [0.29, 0.717) is 6.42 Å². The molecule has 66 heavy (non-hydrogen) atoms. The van der Waals surface area contributed by atoms with Gasteiger partial charge in [0.05, 0.1) is 25.4 Å². The number of ether oxygens (including phenoxy) is 2. The molecule has 1 amide bonds. The zero-order valence-corrected chi connectivity index (χ0v) is 43.2. The summed E-state index contributed by atoms with van der Waals surface area (Å²) in [7, 11) is 0. The molecule has 9 nitrogen and oxygen atoms in total. The number of hydrogen-bond acceptors (Lipinski definition) is 8. The van der Waals surface area contributed by atoms with Crippen LogP contribution in [-0.4, -0.2) is 87.5 Å². The summed E-state index contributed by atoms with van der Waals surface area (Å²) in [6.07, 6.45) is 52.7. The Labute approximate surface area is 407 Å². The van der Waals surface area contributed by atoms with Gasteiger partial charge in [0.2, 0.25) is 5.91 Å². The molecule has 0 aromatic rings. The summed E-state index contributed by atoms with van der Waals surface area (Å²) < 4.78 is 11.2. The fourth-order valence-electron chi connectivity index (χ4n) is 9.20. The molecule has 7 unspecified atom stereocenters. The van der Waals surface area contributed by atoms with E-state index in [1.165, 1.54) is 193 Å². The van der Waals surface area contributed by atoms with Crippen molar-refractivity contribution in [3.63, 3.8) is 0 Å². The molecule has 1 fully saturated rings. The van der Waals surface area contributed by atoms with E-state index >= 15 is 0 Å². The van der Waals surface area contributed by atoms with Crippen LogP contribution in [0.2, 0.25) is 0 Å². The number of rotatable bonds is 49. The van der Waals surface area contributed by atoms with Crippen molar-refractivity contribution in [3.8, 4) is 0 Å². The van der Waals surface area contributed by atoms with Gasteiger partial charge in [-0.3, -0.25) is 4.79 Å². The van der Waals surface area contributed by atoms with E-state index < -0.39 is 49.5 Å². The molecule has 1 aliphatic heterocycles. The molecule has 0 bridgehead atoms. The monoisotopic (exact) mass is 936 g/mol. The topological polar surface area (TPSA) is 149 Å². The Hall–Kier alpha value is -1.33. The van der Waals surface area contributed by atoms with Gasteiger partial charge >= 0.3 is 0 Å². The van der Waals surface area contributed by atoms with Crippen molar-refractivity contribution in [2.45, 2.75) is 320 Å². The number of amides is 1. The summed E-state index contributed by atoms with van der Waals surface area (Å²) in [5.74, 6) is -0.185. The van der Waals surface area contributed by atoms with Gasteiger partial charge in [0, 0.05) is 6.42 Å². The first kappa shape index (κ1) is 62.7. The normalized spacial score (nSPS) is 19.9. The van der Waals surface area contributed by atoms with Crippen molar-refractivity contribution < 1.29 is 39.8 Å². The highest BCUT2D eigenvalue weighted by Crippen LogP contribution is 2.23. The van der Waals surface area contributed by atoms with Gasteiger partial charge in [-0.25, -0.2) is 0 Å². The summed E-state index contributed by atoms with van der Waals surface area (Å²) in [4.78, 5) is 12.9. The third-order valence-corrected chi connectivity index (χ3v) is 13.8. The van der Waals surface area contributed by atoms with Crippen LogP contribution < -0.4 is 5.32 Å². The minimum absolute atomic E-state index is 0.185. The van der Waals surface area contributed by atoms with Gasteiger partial charge in [-0.1, -0.05) is 256 Å². The number of aliphatic hydroxyl groups is 5. The first-order valence-corrected chi connectivity index (χ1v) is 28.6. The third-order valence-electron chi connectivity index (χ3n) is 13.8. The number of allylic oxidation sites excluding steroid dienone is 3. The molecule has 0 saturated carbocycles. The Balaban J connectivity index is 2.11. The van der Waals surface area contributed by atoms with Crippen molar-refractivity contribution in [2.75, 3.05) is 13.2 Å². The minimum atomic E-state index is -1.57. The quantitative estimate of drug-likeness (QED) is 0.0261. The van der Waals surface area contributed by atoms with E-state index in [1.807, 2.05) is 6.08 Å². The lowest BCUT2D eigenvalue weighted by Crippen LogP contribution is -2.60. The van der Waals surface area contributed by atoms with Crippen LogP contribution in [0.15, 0.2) is 24.3 Å². The molecule has 0 spiro atoms. The van der Waals surface area contributed by atoms with Crippen LogP contribution in [0.4, 0.5) is 0 Å². The van der Waals surface area contributed by atoms with Gasteiger partial charge in [0.1, 0.15) is 24.4 Å². The second-order valence-electron chi connectivity index (χ2n) is 20.1. The summed E-state index contributed by atoms with van der Waals surface area (Å²) in [5.41, 5.74) is 0. The standard InChI is InChI=1S/C57H109NO8/c1-3-5-7-9-11-13-15-16-17-18-19-20-21-22-23-24-25-26-27-28-29-30-31-32-33-34-35-37-38-40-42-44-46-51(60)50(49-65-57-56(64)55(63)54(62)52(48-59)66-57)58-53(61)47-45-43-41-39-36-14-12-10-8-6-4-2/h10,12,44,46,50-52,54-57,59-60,62-64H,3-9,11,13-43,45,47-49H2,1-2H3,(H,58,61)/b12-10-,46-44+. The predicted octanol–water partition coefficient (Wildman–Crippen LogP) is 13.8. The van der Waals surface area contributed by atoms with Gasteiger partial charge in [0.25, 0.3) is 0 Å². The smallest absolute Gasteiger partial charge is 0.220 e. The Morgan fingerprint density at radius 1 is 0.500 bits per heavy atom. The molecule has 0 aliphatic carbocycles. The molecule has 1 heterocycles. The lowest BCUT2D eigenvalue weighted by molar-refractivity contribution is -0.302. The van der Waals surface area contributed by atoms with Crippen LogP contribution in [0.25, 0.3) is 0 Å². The molecule has 1 aliphatic rings. The molecule has 0 aromatic heterocycles. The number of unbranched alkanes of at least 4 members (excludes halogenated alkanes) is 37. The van der Waals surface area contributed by atoms with Gasteiger partial charge in [-0.2, -0.15) is 0 Å². The summed E-state index contributed by atoms with van der Waals surface area (Å²) in [5, 5.41) is 54.3. The van der Waals surface area contributed by atoms with Gasteiger partial charge in [-0.05, 0) is 38.5 Å². The maximum absolute atomic E-state index is 12.9. The van der Waals surface area contributed by atoms with Gasteiger partial charge in [-0.15, -0.1) is 0 Å². The molecule has 1 saturated heterocycles. The average Bonchev–Trinajstić information content (AvgIpc) is 3.32. The van der Waals surface area contributed by atoms with E-state index in [4.69, 9.17) is 9.47 Å². The van der Waals surface area contributed by atoms with Crippen LogP contribution in [0.5, 0.6) is 0 Å². The SMILES string of the molecule is CCCC/C=C\CCCCCCCC(=O)NC(COC1OC(CO)C(O)C(O)C1O)C(O)/C=C/CCCCCCCCCCCCCCCCCCCCCCCCCCCCCCCC. The van der Waals surface area contributed by atoms with Crippen molar-refractivity contribution in [1.29, 1.82) is 0 Å². The van der Waals surface area contributed by atoms with Crippen molar-refractivity contribution >= 4 is 5.91 Å². The van der Waals surface area contributed by atoms with Crippen molar-refractivity contribution in [1.82, 2.24) is 5.32 Å². The number of carbonyl (C=O) groups is 1. The fourth-order valence-corrected chi connectivity index (χ4v) is 9.20. The molecule has 390 valence electrons. The fraction of sp³-hybridized carbons (Fsp3) is 0.912. The number of carbonyl (C=O) groups excluding carboxylic acids is 1. The van der Waals surface area contributed by atoms with Crippen molar-refractivity contribution in [2.24, 2.45) is 0 Å². The lowest BCUT2D eigenvalue weighted by atomic mass is 9.99. The number of nitrogens with one attached hydrogen (secondary N) is 1. The van der Waals surface area contributed by atoms with Crippen LogP contribution in [0.3, 0.4) is 0 Å². The minimum Gasteiger partial charge on any atom is -0.394 e. The van der Waals surface area contributed by atoms with E-state index in [2.05, 4.69) is 31.3 Å². The van der Waals surface area contributed by atoms with Crippen LogP contribution >= 0.6 is 0 Å². The first-order chi connectivity index (χ1) is 32.3. The highest BCUT2D eigenvalue weighted by molar-refractivity contribution is 5.76. The van der Waals surface area contributed by atoms with E-state index in [1.54, 1.807) is 6.08 Å². The number of hydrogen-bond donors (Lipinski definition) is 6.